The van der Waals surface area contributed by atoms with Crippen LogP contribution in [0.1, 0.15) is 19.4 Å². The van der Waals surface area contributed by atoms with Gasteiger partial charge in [-0.05, 0) is 12.5 Å². The van der Waals surface area contributed by atoms with Crippen molar-refractivity contribution in [3.63, 3.8) is 0 Å². The smallest absolute Gasteiger partial charge is 0.166 e. The molecule has 16 heavy (non-hydrogen) atoms. The van der Waals surface area contributed by atoms with Gasteiger partial charge >= 0.3 is 0 Å². The Labute approximate surface area is 91.5 Å². The lowest BCUT2D eigenvalue weighted by Gasteiger charge is -2.10. The van der Waals surface area contributed by atoms with E-state index in [9.17, 15) is 17.6 Å². The van der Waals surface area contributed by atoms with Gasteiger partial charge in [0.15, 0.2) is 23.3 Å². The van der Waals surface area contributed by atoms with Gasteiger partial charge in [-0.15, -0.1) is 0 Å². The maximum atomic E-state index is 13.1. The molecule has 1 aromatic carbocycles. The van der Waals surface area contributed by atoms with Crippen LogP contribution in [0, 0.1) is 29.2 Å². The van der Waals surface area contributed by atoms with Crippen molar-refractivity contribution in [1.29, 1.82) is 0 Å². The second kappa shape index (κ2) is 5.30. The van der Waals surface area contributed by atoms with Crippen LogP contribution in [0.25, 0.3) is 0 Å². The van der Waals surface area contributed by atoms with Crippen molar-refractivity contribution >= 4 is 0 Å². The predicted octanol–water partition coefficient (Wildman–Crippen LogP) is 2.99. The van der Waals surface area contributed by atoms with Gasteiger partial charge in [0.2, 0.25) is 0 Å². The Morgan fingerprint density at radius 1 is 1.06 bits per heavy atom. The van der Waals surface area contributed by atoms with Crippen LogP contribution in [-0.2, 0) is 6.54 Å². The van der Waals surface area contributed by atoms with Crippen LogP contribution in [0.15, 0.2) is 6.07 Å². The van der Waals surface area contributed by atoms with Crippen LogP contribution in [0.3, 0.4) is 0 Å². The lowest BCUT2D eigenvalue weighted by Crippen LogP contribution is -2.21. The SMILES string of the molecule is CC(C)CNCc1c(F)c(F)cc(F)c1F. The summed E-state index contributed by atoms with van der Waals surface area (Å²) in [6.45, 7) is 4.10. The van der Waals surface area contributed by atoms with Crippen LogP contribution in [0.5, 0.6) is 0 Å². The Morgan fingerprint density at radius 2 is 1.56 bits per heavy atom. The first-order valence-corrected chi connectivity index (χ1v) is 4.96. The first-order valence-electron chi connectivity index (χ1n) is 4.96. The van der Waals surface area contributed by atoms with E-state index in [1.54, 1.807) is 0 Å². The monoisotopic (exact) mass is 235 g/mol. The molecule has 0 bridgehead atoms. The molecule has 90 valence electrons. The highest BCUT2D eigenvalue weighted by Crippen LogP contribution is 2.18. The minimum atomic E-state index is -1.37. The summed E-state index contributed by atoms with van der Waals surface area (Å²) < 4.78 is 51.9. The van der Waals surface area contributed by atoms with Crippen molar-refractivity contribution in [2.24, 2.45) is 5.92 Å². The molecule has 0 heterocycles. The third-order valence-electron chi connectivity index (χ3n) is 2.06. The Balaban J connectivity index is 2.86. The lowest BCUT2D eigenvalue weighted by atomic mass is 10.1. The molecule has 0 aromatic heterocycles. The second-order valence-electron chi connectivity index (χ2n) is 3.97. The Bertz CT molecular complexity index is 350. The molecule has 5 heteroatoms. The summed E-state index contributed by atoms with van der Waals surface area (Å²) in [5, 5.41) is 2.72. The number of rotatable bonds is 4. The first kappa shape index (κ1) is 13.0. The summed E-state index contributed by atoms with van der Waals surface area (Å²) in [6.07, 6.45) is 0. The Kier molecular flexibility index (Phi) is 4.29. The van der Waals surface area contributed by atoms with Crippen molar-refractivity contribution in [2.75, 3.05) is 6.54 Å². The van der Waals surface area contributed by atoms with E-state index >= 15 is 0 Å². The maximum absolute atomic E-state index is 13.1. The molecule has 0 amide bonds. The van der Waals surface area contributed by atoms with Gasteiger partial charge < -0.3 is 5.32 Å². The van der Waals surface area contributed by atoms with Gasteiger partial charge in [0.1, 0.15) is 0 Å². The molecular formula is C11H13F4N. The Morgan fingerprint density at radius 3 is 2.00 bits per heavy atom. The predicted molar refractivity (Wildman–Crippen MR) is 52.8 cm³/mol. The number of nitrogens with one attached hydrogen (secondary N) is 1. The fourth-order valence-electron chi connectivity index (χ4n) is 1.26. The molecule has 0 saturated heterocycles. The first-order chi connectivity index (χ1) is 7.43. The molecule has 0 aliphatic heterocycles. The molecule has 1 aromatic rings. The van der Waals surface area contributed by atoms with Crippen LogP contribution in [-0.4, -0.2) is 6.54 Å². The number of benzene rings is 1. The van der Waals surface area contributed by atoms with Crippen LogP contribution >= 0.6 is 0 Å². The molecule has 1 N–H and O–H groups in total. The molecule has 0 unspecified atom stereocenters. The largest absolute Gasteiger partial charge is 0.312 e. The fourth-order valence-corrected chi connectivity index (χ4v) is 1.26. The minimum absolute atomic E-state index is 0.205. The van der Waals surface area contributed by atoms with Crippen molar-refractivity contribution in [1.82, 2.24) is 5.32 Å². The zero-order valence-electron chi connectivity index (χ0n) is 9.08. The number of hydrogen-bond donors (Lipinski definition) is 1. The van der Waals surface area contributed by atoms with Gasteiger partial charge in [0.05, 0.1) is 0 Å². The van der Waals surface area contributed by atoms with Crippen LogP contribution in [0.4, 0.5) is 17.6 Å². The van der Waals surface area contributed by atoms with Crippen molar-refractivity contribution in [2.45, 2.75) is 20.4 Å². The van der Waals surface area contributed by atoms with Crippen molar-refractivity contribution < 1.29 is 17.6 Å². The van der Waals surface area contributed by atoms with Gasteiger partial charge in [0, 0.05) is 18.2 Å². The van der Waals surface area contributed by atoms with Crippen LogP contribution < -0.4 is 5.32 Å². The topological polar surface area (TPSA) is 12.0 Å². The molecule has 0 saturated carbocycles. The molecular weight excluding hydrogens is 222 g/mol. The average Bonchev–Trinajstić information content (AvgIpc) is 2.20. The van der Waals surface area contributed by atoms with Gasteiger partial charge in [-0.3, -0.25) is 0 Å². The summed E-state index contributed by atoms with van der Waals surface area (Å²) in [7, 11) is 0. The van der Waals surface area contributed by atoms with Gasteiger partial charge in [-0.1, -0.05) is 13.8 Å². The van der Waals surface area contributed by atoms with E-state index in [1.807, 2.05) is 13.8 Å². The molecule has 0 radical (unpaired) electrons. The highest BCUT2D eigenvalue weighted by molar-refractivity contribution is 5.22. The fraction of sp³-hybridized carbons (Fsp3) is 0.455. The number of hydrogen-bond acceptors (Lipinski definition) is 1. The Hall–Kier alpha value is -1.10. The average molecular weight is 235 g/mol. The lowest BCUT2D eigenvalue weighted by molar-refractivity contribution is 0.428. The van der Waals surface area contributed by atoms with E-state index in [4.69, 9.17) is 0 Å². The molecule has 1 rings (SSSR count). The number of halogens is 4. The van der Waals surface area contributed by atoms with Gasteiger partial charge in [-0.25, -0.2) is 17.6 Å². The highest BCUT2D eigenvalue weighted by Gasteiger charge is 2.18. The van der Waals surface area contributed by atoms with E-state index in [-0.39, 0.29) is 18.5 Å². The van der Waals surface area contributed by atoms with Crippen molar-refractivity contribution in [3.05, 3.63) is 34.9 Å². The highest BCUT2D eigenvalue weighted by atomic mass is 19.2. The third kappa shape index (κ3) is 2.95. The molecule has 0 atom stereocenters. The van der Waals surface area contributed by atoms with Gasteiger partial charge in [-0.2, -0.15) is 0 Å². The van der Waals surface area contributed by atoms with E-state index in [2.05, 4.69) is 5.32 Å². The van der Waals surface area contributed by atoms with E-state index in [0.717, 1.165) is 0 Å². The normalized spacial score (nSPS) is 11.2. The summed E-state index contributed by atoms with van der Waals surface area (Å²) in [4.78, 5) is 0. The summed E-state index contributed by atoms with van der Waals surface area (Å²) in [6, 6.07) is 0.205. The molecule has 0 fully saturated rings. The third-order valence-corrected chi connectivity index (χ3v) is 2.06. The molecule has 0 spiro atoms. The molecule has 0 aliphatic rings. The summed E-state index contributed by atoms with van der Waals surface area (Å²) in [5.74, 6) is -5.14. The molecule has 0 aliphatic carbocycles. The van der Waals surface area contributed by atoms with E-state index in [0.29, 0.717) is 6.54 Å². The quantitative estimate of drug-likeness (QED) is 0.625. The standard InChI is InChI=1S/C11H13F4N/c1-6(2)4-16-5-7-10(14)8(12)3-9(13)11(7)15/h3,6,16H,4-5H2,1-2H3. The summed E-state index contributed by atoms with van der Waals surface area (Å²) in [5.41, 5.74) is -0.599. The van der Waals surface area contributed by atoms with E-state index in [1.165, 1.54) is 0 Å². The zero-order valence-corrected chi connectivity index (χ0v) is 9.08. The van der Waals surface area contributed by atoms with Gasteiger partial charge in [0.25, 0.3) is 0 Å². The second-order valence-corrected chi connectivity index (χ2v) is 3.97. The van der Waals surface area contributed by atoms with Crippen molar-refractivity contribution in [3.8, 4) is 0 Å². The zero-order chi connectivity index (χ0) is 12.3. The van der Waals surface area contributed by atoms with Crippen LogP contribution in [0.2, 0.25) is 0 Å². The maximum Gasteiger partial charge on any atom is 0.166 e. The van der Waals surface area contributed by atoms with E-state index < -0.39 is 28.8 Å². The molecule has 1 nitrogen and oxygen atoms in total. The summed E-state index contributed by atoms with van der Waals surface area (Å²) >= 11 is 0. The minimum Gasteiger partial charge on any atom is -0.312 e.